The summed E-state index contributed by atoms with van der Waals surface area (Å²) in [7, 11) is 0. The summed E-state index contributed by atoms with van der Waals surface area (Å²) in [6, 6.07) is 4.06. The summed E-state index contributed by atoms with van der Waals surface area (Å²) in [4.78, 5) is 21.8. The molecule has 2 N–H and O–H groups in total. The highest BCUT2D eigenvalue weighted by Crippen LogP contribution is 2.22. The van der Waals surface area contributed by atoms with E-state index in [0.717, 1.165) is 6.54 Å². The van der Waals surface area contributed by atoms with Crippen LogP contribution in [0.5, 0.6) is 0 Å². The first-order valence-electron chi connectivity index (χ1n) is 5.49. The van der Waals surface area contributed by atoms with Gasteiger partial charge in [-0.15, -0.1) is 0 Å². The van der Waals surface area contributed by atoms with E-state index in [1.165, 1.54) is 18.2 Å². The summed E-state index contributed by atoms with van der Waals surface area (Å²) < 4.78 is 0.414. The van der Waals surface area contributed by atoms with Gasteiger partial charge in [-0.2, -0.15) is 0 Å². The first-order chi connectivity index (χ1) is 8.56. The van der Waals surface area contributed by atoms with Gasteiger partial charge in [0, 0.05) is 29.7 Å². The van der Waals surface area contributed by atoms with E-state index in [2.05, 4.69) is 26.6 Å². The molecule has 0 saturated carbocycles. The van der Waals surface area contributed by atoms with Crippen molar-refractivity contribution in [3.05, 3.63) is 38.3 Å². The molecule has 0 aliphatic carbocycles. The summed E-state index contributed by atoms with van der Waals surface area (Å²) in [6.07, 6.45) is 0. The van der Waals surface area contributed by atoms with Crippen molar-refractivity contribution >= 4 is 27.5 Å². The average molecular weight is 316 g/mol. The van der Waals surface area contributed by atoms with Gasteiger partial charge in [0.25, 0.3) is 11.6 Å². The Morgan fingerprint density at radius 1 is 1.44 bits per heavy atom. The zero-order valence-electron chi connectivity index (χ0n) is 9.90. The van der Waals surface area contributed by atoms with Crippen LogP contribution in [0.15, 0.2) is 22.7 Å². The van der Waals surface area contributed by atoms with E-state index < -0.39 is 4.92 Å². The van der Waals surface area contributed by atoms with Gasteiger partial charge in [-0.1, -0.05) is 6.92 Å². The van der Waals surface area contributed by atoms with Crippen LogP contribution in [0.1, 0.15) is 17.3 Å². The van der Waals surface area contributed by atoms with Crippen LogP contribution in [0.3, 0.4) is 0 Å². The van der Waals surface area contributed by atoms with Crippen LogP contribution < -0.4 is 10.6 Å². The van der Waals surface area contributed by atoms with E-state index in [1.807, 2.05) is 6.92 Å². The van der Waals surface area contributed by atoms with Gasteiger partial charge in [0.15, 0.2) is 0 Å². The Morgan fingerprint density at radius 2 is 2.17 bits per heavy atom. The summed E-state index contributed by atoms with van der Waals surface area (Å²) >= 11 is 3.16. The number of hydrogen-bond donors (Lipinski definition) is 2. The van der Waals surface area contributed by atoms with E-state index in [0.29, 0.717) is 23.1 Å². The molecule has 0 bridgehead atoms. The second-order valence-electron chi connectivity index (χ2n) is 3.53. The molecule has 0 atom stereocenters. The number of nitro groups is 1. The first-order valence-corrected chi connectivity index (χ1v) is 6.28. The predicted octanol–water partition coefficient (Wildman–Crippen LogP) is 1.70. The van der Waals surface area contributed by atoms with Gasteiger partial charge in [0.05, 0.1) is 10.5 Å². The number of rotatable bonds is 6. The third kappa shape index (κ3) is 4.08. The van der Waals surface area contributed by atoms with Gasteiger partial charge in [-0.05, 0) is 28.5 Å². The Bertz CT molecular complexity index is 451. The van der Waals surface area contributed by atoms with Crippen LogP contribution in [-0.2, 0) is 0 Å². The zero-order valence-corrected chi connectivity index (χ0v) is 11.5. The number of carbonyl (C=O) groups excluding carboxylic acids is 1. The van der Waals surface area contributed by atoms with Gasteiger partial charge in [-0.3, -0.25) is 14.9 Å². The molecule has 0 fully saturated rings. The van der Waals surface area contributed by atoms with Crippen molar-refractivity contribution in [2.75, 3.05) is 19.6 Å². The van der Waals surface area contributed by atoms with E-state index in [4.69, 9.17) is 0 Å². The van der Waals surface area contributed by atoms with Crippen molar-refractivity contribution in [2.45, 2.75) is 6.92 Å². The SMILES string of the molecule is CCNCCNC(=O)c1ccc([N+](=O)[O-])cc1Br. The molecule has 0 unspecified atom stereocenters. The van der Waals surface area contributed by atoms with E-state index in [9.17, 15) is 14.9 Å². The van der Waals surface area contributed by atoms with Crippen molar-refractivity contribution < 1.29 is 9.72 Å². The molecule has 1 aromatic rings. The molecule has 1 rings (SSSR count). The number of halogens is 1. The molecule has 7 heteroatoms. The van der Waals surface area contributed by atoms with E-state index in [-0.39, 0.29) is 11.6 Å². The number of likely N-dealkylation sites (N-methyl/N-ethyl adjacent to an activating group) is 1. The standard InChI is InChI=1S/C11H14BrN3O3/c1-2-13-5-6-14-11(16)9-4-3-8(15(17)18)7-10(9)12/h3-4,7,13H,2,5-6H2,1H3,(H,14,16). The van der Waals surface area contributed by atoms with Crippen molar-refractivity contribution in [1.82, 2.24) is 10.6 Å². The Labute approximate surface area is 113 Å². The Balaban J connectivity index is 2.66. The van der Waals surface area contributed by atoms with Crippen LogP contribution in [0.4, 0.5) is 5.69 Å². The molecular weight excluding hydrogens is 302 g/mol. The minimum Gasteiger partial charge on any atom is -0.351 e. The smallest absolute Gasteiger partial charge is 0.270 e. The maximum Gasteiger partial charge on any atom is 0.270 e. The van der Waals surface area contributed by atoms with Crippen molar-refractivity contribution in [3.63, 3.8) is 0 Å². The second kappa shape index (κ2) is 7.07. The minimum absolute atomic E-state index is 0.0499. The fourth-order valence-corrected chi connectivity index (χ4v) is 1.88. The predicted molar refractivity (Wildman–Crippen MR) is 71.7 cm³/mol. The lowest BCUT2D eigenvalue weighted by atomic mass is 10.2. The molecule has 0 spiro atoms. The molecule has 0 saturated heterocycles. The van der Waals surface area contributed by atoms with E-state index >= 15 is 0 Å². The average Bonchev–Trinajstić information content (AvgIpc) is 2.34. The van der Waals surface area contributed by atoms with Gasteiger partial charge < -0.3 is 10.6 Å². The Hall–Kier alpha value is -1.47. The number of nitrogens with zero attached hydrogens (tertiary/aromatic N) is 1. The quantitative estimate of drug-likeness (QED) is 0.475. The Morgan fingerprint density at radius 3 is 2.72 bits per heavy atom. The van der Waals surface area contributed by atoms with Gasteiger partial charge in [-0.25, -0.2) is 0 Å². The number of amides is 1. The molecule has 98 valence electrons. The number of carbonyl (C=O) groups is 1. The third-order valence-corrected chi connectivity index (χ3v) is 2.90. The largest absolute Gasteiger partial charge is 0.351 e. The lowest BCUT2D eigenvalue weighted by Gasteiger charge is -2.07. The highest BCUT2D eigenvalue weighted by atomic mass is 79.9. The fourth-order valence-electron chi connectivity index (χ4n) is 1.34. The molecule has 0 aliphatic rings. The number of nitro benzene ring substituents is 1. The van der Waals surface area contributed by atoms with Crippen molar-refractivity contribution in [1.29, 1.82) is 0 Å². The van der Waals surface area contributed by atoms with Crippen LogP contribution in [0.2, 0.25) is 0 Å². The maximum absolute atomic E-state index is 11.8. The number of nitrogens with one attached hydrogen (secondary N) is 2. The normalized spacial score (nSPS) is 10.1. The van der Waals surface area contributed by atoms with Crippen LogP contribution in [0, 0.1) is 10.1 Å². The molecule has 18 heavy (non-hydrogen) atoms. The van der Waals surface area contributed by atoms with Gasteiger partial charge >= 0.3 is 0 Å². The topological polar surface area (TPSA) is 84.3 Å². The summed E-state index contributed by atoms with van der Waals surface area (Å²) in [5, 5.41) is 16.4. The third-order valence-electron chi connectivity index (χ3n) is 2.25. The fraction of sp³-hybridized carbons (Fsp3) is 0.364. The minimum atomic E-state index is -0.502. The van der Waals surface area contributed by atoms with Gasteiger partial charge in [0.1, 0.15) is 0 Å². The second-order valence-corrected chi connectivity index (χ2v) is 4.39. The first kappa shape index (κ1) is 14.6. The summed E-state index contributed by atoms with van der Waals surface area (Å²) in [5.74, 6) is -0.255. The van der Waals surface area contributed by atoms with Crippen LogP contribution in [0.25, 0.3) is 0 Å². The van der Waals surface area contributed by atoms with Crippen LogP contribution >= 0.6 is 15.9 Å². The summed E-state index contributed by atoms with van der Waals surface area (Å²) in [6.45, 7) is 4.02. The van der Waals surface area contributed by atoms with Crippen molar-refractivity contribution in [3.8, 4) is 0 Å². The molecule has 6 nitrogen and oxygen atoms in total. The highest BCUT2D eigenvalue weighted by molar-refractivity contribution is 9.10. The van der Waals surface area contributed by atoms with E-state index in [1.54, 1.807) is 0 Å². The highest BCUT2D eigenvalue weighted by Gasteiger charge is 2.13. The molecule has 0 heterocycles. The monoisotopic (exact) mass is 315 g/mol. The lowest BCUT2D eigenvalue weighted by molar-refractivity contribution is -0.384. The molecular formula is C11H14BrN3O3. The number of hydrogen-bond acceptors (Lipinski definition) is 4. The lowest BCUT2D eigenvalue weighted by Crippen LogP contribution is -2.31. The Kier molecular flexibility index (Phi) is 5.73. The molecule has 0 radical (unpaired) electrons. The summed E-state index contributed by atoms with van der Waals surface area (Å²) in [5.41, 5.74) is 0.336. The molecule has 1 aromatic carbocycles. The molecule has 0 aromatic heterocycles. The molecule has 0 aliphatic heterocycles. The number of benzene rings is 1. The van der Waals surface area contributed by atoms with Gasteiger partial charge in [0.2, 0.25) is 0 Å². The van der Waals surface area contributed by atoms with Crippen molar-refractivity contribution in [2.24, 2.45) is 0 Å². The zero-order chi connectivity index (χ0) is 13.5. The van der Waals surface area contributed by atoms with Crippen LogP contribution in [-0.4, -0.2) is 30.5 Å². The number of non-ortho nitro benzene ring substituents is 1. The molecule has 1 amide bonds. The maximum atomic E-state index is 11.8.